The highest BCUT2D eigenvalue weighted by atomic mass is 79.9. The minimum absolute atomic E-state index is 0. The van der Waals surface area contributed by atoms with Gasteiger partial charge in [0, 0.05) is 0 Å². The second-order valence-electron chi connectivity index (χ2n) is 5.16. The molecule has 0 spiro atoms. The Labute approximate surface area is 154 Å². The Kier molecular flexibility index (Phi) is 5.80. The molecule has 24 heavy (non-hydrogen) atoms. The second kappa shape index (κ2) is 7.63. The lowest BCUT2D eigenvalue weighted by Crippen LogP contribution is -3.00. The zero-order valence-electron chi connectivity index (χ0n) is 13.1. The van der Waals surface area contributed by atoms with Crippen LogP contribution in [-0.4, -0.2) is 14.7 Å². The number of nitrogens with two attached hydrogens (primary N) is 2. The fourth-order valence-electron chi connectivity index (χ4n) is 2.49. The maximum absolute atomic E-state index is 13.0. The predicted octanol–water partition coefficient (Wildman–Crippen LogP) is -1.99. The molecule has 2 aromatic carbocycles. The molecule has 0 bridgehead atoms. The predicted molar refractivity (Wildman–Crippen MR) is 94.5 cm³/mol. The lowest BCUT2D eigenvalue weighted by Gasteiger charge is -2.14. The van der Waals surface area contributed by atoms with Gasteiger partial charge in [-0.2, -0.15) is 0 Å². The first-order valence-corrected chi connectivity index (χ1v) is 8.14. The summed E-state index contributed by atoms with van der Waals surface area (Å²) < 4.78 is 1.65. The number of amidine groups is 1. The van der Waals surface area contributed by atoms with Crippen LogP contribution in [0.3, 0.4) is 0 Å². The molecule has 0 aliphatic carbocycles. The summed E-state index contributed by atoms with van der Waals surface area (Å²) in [6.07, 6.45) is 0. The lowest BCUT2D eigenvalue weighted by molar-refractivity contribution is -0.110. The van der Waals surface area contributed by atoms with Crippen molar-refractivity contribution >= 4 is 27.8 Å². The Morgan fingerprint density at radius 3 is 2.58 bits per heavy atom. The molecule has 0 saturated heterocycles. The third kappa shape index (κ3) is 3.52. The first-order chi connectivity index (χ1) is 11.1. The first-order valence-electron chi connectivity index (χ1n) is 7.15. The van der Waals surface area contributed by atoms with Gasteiger partial charge in [-0.1, -0.05) is 30.3 Å². The number of halogens is 1. The van der Waals surface area contributed by atoms with Gasteiger partial charge >= 0.3 is 0 Å². The number of para-hydroxylation sites is 2. The highest BCUT2D eigenvalue weighted by Gasteiger charge is 2.15. The molecule has 0 amide bonds. The van der Waals surface area contributed by atoms with Crippen molar-refractivity contribution in [3.05, 3.63) is 70.3 Å². The maximum atomic E-state index is 13.0. The second-order valence-corrected chi connectivity index (χ2v) is 6.21. The Hall–Kier alpha value is -2.12. The summed E-state index contributed by atoms with van der Waals surface area (Å²) >= 11 is 1.27. The van der Waals surface area contributed by atoms with Crippen LogP contribution in [-0.2, 0) is 5.75 Å². The summed E-state index contributed by atoms with van der Waals surface area (Å²) in [5.41, 5.74) is 7.96. The van der Waals surface area contributed by atoms with Gasteiger partial charge in [-0.25, -0.2) is 4.98 Å². The molecule has 4 N–H and O–H groups in total. The minimum Gasteiger partial charge on any atom is -1.00 e. The number of hydrogen-bond acceptors (Lipinski definition) is 3. The number of thioether (sulfide) groups is 1. The number of nitrogens with zero attached hydrogens (tertiary/aromatic N) is 2. The summed E-state index contributed by atoms with van der Waals surface area (Å²) in [7, 11) is 0. The third-order valence-electron chi connectivity index (χ3n) is 3.57. The molecule has 124 valence electrons. The topological polar surface area (TPSA) is 86.5 Å². The van der Waals surface area contributed by atoms with Crippen LogP contribution in [0.25, 0.3) is 16.6 Å². The Morgan fingerprint density at radius 1 is 1.21 bits per heavy atom. The van der Waals surface area contributed by atoms with E-state index in [9.17, 15) is 4.79 Å². The van der Waals surface area contributed by atoms with Gasteiger partial charge in [0.15, 0.2) is 0 Å². The van der Waals surface area contributed by atoms with Crippen molar-refractivity contribution in [1.82, 2.24) is 9.55 Å². The van der Waals surface area contributed by atoms with E-state index in [1.165, 1.54) is 11.8 Å². The summed E-state index contributed by atoms with van der Waals surface area (Å²) in [5, 5.41) is 6.40. The number of rotatable bonds is 3. The molecule has 0 fully saturated rings. The standard InChI is InChI=1S/C17H16N4OS.BrH/c1-11-6-2-5-9-14(11)21-15(10-23-17(18)19)20-13-8-4-3-7-12(13)16(21)22;/h2-9H,10H2,1H3,(H3,18,19);1H. The van der Waals surface area contributed by atoms with Gasteiger partial charge in [0.25, 0.3) is 10.7 Å². The van der Waals surface area contributed by atoms with Crippen molar-refractivity contribution < 1.29 is 22.4 Å². The number of aromatic nitrogens is 2. The fraction of sp³-hybridized carbons (Fsp3) is 0.118. The Bertz CT molecular complexity index is 955. The first kappa shape index (κ1) is 18.2. The van der Waals surface area contributed by atoms with E-state index in [1.807, 2.05) is 49.4 Å². The summed E-state index contributed by atoms with van der Waals surface area (Å²) in [6.45, 7) is 1.97. The van der Waals surface area contributed by atoms with Crippen LogP contribution in [0.2, 0.25) is 0 Å². The van der Waals surface area contributed by atoms with Crippen LogP contribution in [0.15, 0.2) is 53.3 Å². The molecule has 0 saturated carbocycles. The average Bonchev–Trinajstić information content (AvgIpc) is 2.54. The van der Waals surface area contributed by atoms with E-state index in [-0.39, 0.29) is 27.7 Å². The monoisotopic (exact) mass is 404 g/mol. The summed E-state index contributed by atoms with van der Waals surface area (Å²) in [6, 6.07) is 15.1. The van der Waals surface area contributed by atoms with E-state index in [4.69, 9.17) is 11.1 Å². The quantitative estimate of drug-likeness (QED) is 0.390. The van der Waals surface area contributed by atoms with Crippen LogP contribution >= 0.6 is 11.8 Å². The van der Waals surface area contributed by atoms with Crippen LogP contribution in [0.4, 0.5) is 0 Å². The van der Waals surface area contributed by atoms with Gasteiger partial charge in [-0.15, -0.1) is 0 Å². The van der Waals surface area contributed by atoms with Gasteiger partial charge in [0.1, 0.15) is 5.82 Å². The molecular weight excluding hydrogens is 388 g/mol. The van der Waals surface area contributed by atoms with Crippen LogP contribution in [0.5, 0.6) is 0 Å². The number of benzene rings is 2. The Balaban J connectivity index is 0.00000208. The Morgan fingerprint density at radius 2 is 1.88 bits per heavy atom. The van der Waals surface area contributed by atoms with Gasteiger partial charge in [0.05, 0.1) is 22.3 Å². The largest absolute Gasteiger partial charge is 1.00 e. The molecule has 0 unspecified atom stereocenters. The highest BCUT2D eigenvalue weighted by molar-refractivity contribution is 8.12. The number of aryl methyl sites for hydroxylation is 1. The summed E-state index contributed by atoms with van der Waals surface area (Å²) in [5.74, 6) is 1.05. The zero-order chi connectivity index (χ0) is 16.4. The van der Waals surface area contributed by atoms with E-state index in [0.717, 1.165) is 11.3 Å². The van der Waals surface area contributed by atoms with Crippen molar-refractivity contribution in [3.8, 4) is 5.69 Å². The van der Waals surface area contributed by atoms with E-state index >= 15 is 0 Å². The normalized spacial score (nSPS) is 10.4. The van der Waals surface area contributed by atoms with Crippen molar-refractivity contribution in [2.24, 2.45) is 5.73 Å². The van der Waals surface area contributed by atoms with E-state index in [2.05, 4.69) is 4.98 Å². The smallest absolute Gasteiger partial charge is 0.300 e. The van der Waals surface area contributed by atoms with Gasteiger partial charge in [-0.3, -0.25) is 20.5 Å². The molecule has 3 aromatic rings. The van der Waals surface area contributed by atoms with Crippen molar-refractivity contribution in [3.63, 3.8) is 0 Å². The van der Waals surface area contributed by atoms with Crippen LogP contribution < -0.4 is 33.7 Å². The molecule has 0 aliphatic heterocycles. The van der Waals surface area contributed by atoms with Crippen molar-refractivity contribution in [2.45, 2.75) is 12.7 Å². The lowest BCUT2D eigenvalue weighted by atomic mass is 10.2. The van der Waals surface area contributed by atoms with E-state index in [0.29, 0.717) is 22.5 Å². The molecule has 0 aliphatic rings. The van der Waals surface area contributed by atoms with Crippen molar-refractivity contribution in [1.29, 1.82) is 0 Å². The number of fused-ring (bicyclic) bond motifs is 1. The SMILES string of the molecule is Cc1ccccc1-n1c(CSC(N)=[NH2+])nc2ccccc2c1=O.[Br-]. The van der Waals surface area contributed by atoms with Gasteiger partial charge in [0.2, 0.25) is 0 Å². The number of hydrogen-bond donors (Lipinski definition) is 2. The summed E-state index contributed by atoms with van der Waals surface area (Å²) in [4.78, 5) is 17.6. The van der Waals surface area contributed by atoms with Crippen LogP contribution in [0, 0.1) is 6.92 Å². The van der Waals surface area contributed by atoms with Gasteiger partial charge < -0.3 is 17.0 Å². The fourth-order valence-corrected chi connectivity index (χ4v) is 2.98. The molecular formula is C17H17BrN4OS. The molecule has 0 radical (unpaired) electrons. The molecule has 5 nitrogen and oxygen atoms in total. The highest BCUT2D eigenvalue weighted by Crippen LogP contribution is 2.18. The minimum atomic E-state index is -0.0870. The van der Waals surface area contributed by atoms with Gasteiger partial charge in [-0.05, 0) is 42.4 Å². The molecule has 0 atom stereocenters. The maximum Gasteiger partial charge on any atom is 0.300 e. The molecule has 1 aromatic heterocycles. The third-order valence-corrected chi connectivity index (χ3v) is 4.31. The van der Waals surface area contributed by atoms with Crippen molar-refractivity contribution in [2.75, 3.05) is 0 Å². The molecule has 3 rings (SSSR count). The zero-order valence-corrected chi connectivity index (χ0v) is 15.5. The van der Waals surface area contributed by atoms with E-state index < -0.39 is 0 Å². The van der Waals surface area contributed by atoms with Crippen LogP contribution in [0.1, 0.15) is 11.4 Å². The molecule has 7 heteroatoms. The average molecular weight is 405 g/mol. The molecule has 1 heterocycles. The van der Waals surface area contributed by atoms with E-state index in [1.54, 1.807) is 10.6 Å².